The van der Waals surface area contributed by atoms with Crippen molar-refractivity contribution in [3.63, 3.8) is 0 Å². The molecule has 2 rings (SSSR count). The lowest BCUT2D eigenvalue weighted by molar-refractivity contribution is -0.186. The smallest absolute Gasteiger partial charge is 0.302 e. The number of hydrogen-bond donors (Lipinski definition) is 0. The Morgan fingerprint density at radius 3 is 2.70 bits per heavy atom. The van der Waals surface area contributed by atoms with Crippen LogP contribution in [0.25, 0.3) is 0 Å². The van der Waals surface area contributed by atoms with Crippen LogP contribution in [0.4, 0.5) is 17.6 Å². The highest BCUT2D eigenvalue weighted by atomic mass is 79.9. The van der Waals surface area contributed by atoms with E-state index >= 15 is 0 Å². The maximum atomic E-state index is 13.1. The van der Waals surface area contributed by atoms with Crippen LogP contribution in [-0.4, -0.2) is 30.7 Å². The van der Waals surface area contributed by atoms with Gasteiger partial charge in [0.05, 0.1) is 10.4 Å². The van der Waals surface area contributed by atoms with Crippen LogP contribution in [-0.2, 0) is 6.42 Å². The molecule has 1 unspecified atom stereocenters. The van der Waals surface area contributed by atoms with Gasteiger partial charge in [-0.05, 0) is 59.4 Å². The summed E-state index contributed by atoms with van der Waals surface area (Å²) >= 11 is 3.11. The van der Waals surface area contributed by atoms with Gasteiger partial charge in [0.15, 0.2) is 0 Å². The molecule has 1 fully saturated rings. The SMILES string of the molecule is Fc1ccc(CCN2CCCC(C(F)(F)F)C2)cc1Br. The van der Waals surface area contributed by atoms with E-state index in [-0.39, 0.29) is 18.8 Å². The zero-order chi connectivity index (χ0) is 14.8. The molecule has 20 heavy (non-hydrogen) atoms. The number of rotatable bonds is 3. The van der Waals surface area contributed by atoms with Gasteiger partial charge in [-0.25, -0.2) is 4.39 Å². The van der Waals surface area contributed by atoms with Crippen LogP contribution in [0.3, 0.4) is 0 Å². The topological polar surface area (TPSA) is 3.24 Å². The minimum atomic E-state index is -4.10. The molecule has 1 aliphatic heterocycles. The third kappa shape index (κ3) is 4.19. The molecule has 0 spiro atoms. The molecule has 0 aliphatic carbocycles. The van der Waals surface area contributed by atoms with Crippen molar-refractivity contribution in [1.29, 1.82) is 0 Å². The monoisotopic (exact) mass is 353 g/mol. The number of likely N-dealkylation sites (tertiary alicyclic amines) is 1. The summed E-state index contributed by atoms with van der Waals surface area (Å²) in [4.78, 5) is 1.85. The number of alkyl halides is 3. The van der Waals surface area contributed by atoms with Crippen molar-refractivity contribution < 1.29 is 17.6 Å². The van der Waals surface area contributed by atoms with Gasteiger partial charge in [-0.1, -0.05) is 6.07 Å². The standard InChI is InChI=1S/C14H16BrF4N/c15-12-8-10(3-4-13(12)16)5-7-20-6-1-2-11(9-20)14(17,18)19/h3-4,8,11H,1-2,5-7,9H2. The molecule has 1 aliphatic rings. The van der Waals surface area contributed by atoms with E-state index in [1.54, 1.807) is 12.1 Å². The number of benzene rings is 1. The Bertz CT molecular complexity index is 461. The molecule has 6 heteroatoms. The molecule has 1 aromatic rings. The number of piperidine rings is 1. The fraction of sp³-hybridized carbons (Fsp3) is 0.571. The molecule has 112 valence electrons. The van der Waals surface area contributed by atoms with Crippen LogP contribution < -0.4 is 0 Å². The summed E-state index contributed by atoms with van der Waals surface area (Å²) in [7, 11) is 0. The lowest BCUT2D eigenvalue weighted by atomic mass is 9.97. The molecule has 0 saturated carbocycles. The van der Waals surface area contributed by atoms with Gasteiger partial charge >= 0.3 is 6.18 Å². The van der Waals surface area contributed by atoms with E-state index in [1.807, 2.05) is 4.90 Å². The number of halogens is 5. The summed E-state index contributed by atoms with van der Waals surface area (Å²) in [5.74, 6) is -1.54. The van der Waals surface area contributed by atoms with E-state index in [4.69, 9.17) is 0 Å². The maximum absolute atomic E-state index is 13.1. The Morgan fingerprint density at radius 2 is 2.05 bits per heavy atom. The van der Waals surface area contributed by atoms with Crippen molar-refractivity contribution in [2.24, 2.45) is 5.92 Å². The maximum Gasteiger partial charge on any atom is 0.393 e. The summed E-state index contributed by atoms with van der Waals surface area (Å²) in [6.45, 7) is 1.35. The first kappa shape index (κ1) is 15.8. The van der Waals surface area contributed by atoms with E-state index in [1.165, 1.54) is 6.07 Å². The Morgan fingerprint density at radius 1 is 1.30 bits per heavy atom. The third-order valence-electron chi connectivity index (χ3n) is 3.67. The highest BCUT2D eigenvalue weighted by molar-refractivity contribution is 9.10. The van der Waals surface area contributed by atoms with Crippen LogP contribution in [0.15, 0.2) is 22.7 Å². The first-order valence-electron chi connectivity index (χ1n) is 6.59. The second kappa shape index (κ2) is 6.43. The third-order valence-corrected chi connectivity index (χ3v) is 4.28. The Hall–Kier alpha value is -0.620. The molecule has 1 nitrogen and oxygen atoms in total. The molecular formula is C14H16BrF4N. The van der Waals surface area contributed by atoms with Gasteiger partial charge in [-0.3, -0.25) is 0 Å². The van der Waals surface area contributed by atoms with Crippen LogP contribution in [0.2, 0.25) is 0 Å². The zero-order valence-electron chi connectivity index (χ0n) is 10.9. The van der Waals surface area contributed by atoms with E-state index in [0.717, 1.165) is 5.56 Å². The predicted octanol–water partition coefficient (Wildman–Crippen LogP) is 4.41. The summed E-state index contributed by atoms with van der Waals surface area (Å²) in [5, 5.41) is 0. The molecule has 0 radical (unpaired) electrons. The molecule has 1 heterocycles. The van der Waals surface area contributed by atoms with Crippen molar-refractivity contribution in [1.82, 2.24) is 4.90 Å². The van der Waals surface area contributed by atoms with Crippen LogP contribution in [0.1, 0.15) is 18.4 Å². The van der Waals surface area contributed by atoms with Crippen molar-refractivity contribution in [2.75, 3.05) is 19.6 Å². The van der Waals surface area contributed by atoms with Crippen molar-refractivity contribution in [2.45, 2.75) is 25.4 Å². The van der Waals surface area contributed by atoms with E-state index < -0.39 is 12.1 Å². The Balaban J connectivity index is 1.88. The lowest BCUT2D eigenvalue weighted by Crippen LogP contribution is -2.42. The molecule has 1 aromatic carbocycles. The van der Waals surface area contributed by atoms with Gasteiger partial charge in [0, 0.05) is 13.1 Å². The highest BCUT2D eigenvalue weighted by Crippen LogP contribution is 2.33. The van der Waals surface area contributed by atoms with E-state index in [9.17, 15) is 17.6 Å². The van der Waals surface area contributed by atoms with Gasteiger partial charge in [0.2, 0.25) is 0 Å². The number of nitrogens with zero attached hydrogens (tertiary/aromatic N) is 1. The van der Waals surface area contributed by atoms with Gasteiger partial charge in [-0.15, -0.1) is 0 Å². The zero-order valence-corrected chi connectivity index (χ0v) is 12.5. The van der Waals surface area contributed by atoms with E-state index in [2.05, 4.69) is 15.9 Å². The first-order chi connectivity index (χ1) is 9.36. The first-order valence-corrected chi connectivity index (χ1v) is 7.38. The summed E-state index contributed by atoms with van der Waals surface area (Å²) in [6, 6.07) is 4.72. The predicted molar refractivity (Wildman–Crippen MR) is 73.0 cm³/mol. The molecule has 0 bridgehead atoms. The van der Waals surface area contributed by atoms with E-state index in [0.29, 0.717) is 30.4 Å². The van der Waals surface area contributed by atoms with Gasteiger partial charge < -0.3 is 4.90 Å². The summed E-state index contributed by atoms with van der Waals surface area (Å²) < 4.78 is 51.6. The van der Waals surface area contributed by atoms with Gasteiger partial charge in [-0.2, -0.15) is 13.2 Å². The molecule has 1 saturated heterocycles. The average Bonchev–Trinajstić information content (AvgIpc) is 2.39. The fourth-order valence-corrected chi connectivity index (χ4v) is 2.93. The molecule has 0 N–H and O–H groups in total. The van der Waals surface area contributed by atoms with Crippen molar-refractivity contribution in [3.8, 4) is 0 Å². The molecule has 0 amide bonds. The summed E-state index contributed by atoms with van der Waals surface area (Å²) in [6.07, 6.45) is -2.67. The van der Waals surface area contributed by atoms with Gasteiger partial charge in [0.1, 0.15) is 5.82 Å². The van der Waals surface area contributed by atoms with Crippen molar-refractivity contribution >= 4 is 15.9 Å². The second-order valence-corrected chi connectivity index (χ2v) is 6.03. The second-order valence-electron chi connectivity index (χ2n) is 5.18. The van der Waals surface area contributed by atoms with Gasteiger partial charge in [0.25, 0.3) is 0 Å². The summed E-state index contributed by atoms with van der Waals surface area (Å²) in [5.41, 5.74) is 0.924. The molecule has 1 atom stereocenters. The number of hydrogen-bond acceptors (Lipinski definition) is 1. The Labute approximate surface area is 124 Å². The normalized spacial score (nSPS) is 21.1. The fourth-order valence-electron chi connectivity index (χ4n) is 2.51. The van der Waals surface area contributed by atoms with Crippen LogP contribution >= 0.6 is 15.9 Å². The average molecular weight is 354 g/mol. The molecular weight excluding hydrogens is 338 g/mol. The quantitative estimate of drug-likeness (QED) is 0.727. The largest absolute Gasteiger partial charge is 0.393 e. The minimum absolute atomic E-state index is 0.0753. The van der Waals surface area contributed by atoms with Crippen LogP contribution in [0.5, 0.6) is 0 Å². The molecule has 0 aromatic heterocycles. The Kier molecular flexibility index (Phi) is 5.07. The lowest BCUT2D eigenvalue weighted by Gasteiger charge is -2.33. The van der Waals surface area contributed by atoms with Crippen molar-refractivity contribution in [3.05, 3.63) is 34.1 Å². The van der Waals surface area contributed by atoms with Crippen LogP contribution in [0, 0.1) is 11.7 Å². The highest BCUT2D eigenvalue weighted by Gasteiger charge is 2.41. The minimum Gasteiger partial charge on any atom is -0.302 e.